The molecule has 11 N–H and O–H groups in total. The maximum atomic E-state index is 13.6. The Hall–Kier alpha value is -5.43. The van der Waals surface area contributed by atoms with Crippen molar-refractivity contribution >= 4 is 29.6 Å². The van der Waals surface area contributed by atoms with Crippen molar-refractivity contribution < 1.29 is 23.9 Å². The molecule has 0 spiro atoms. The number of carbonyl (C=O) groups is 4. The van der Waals surface area contributed by atoms with Gasteiger partial charge in [-0.2, -0.15) is 0 Å². The molecule has 0 saturated carbocycles. The standard InChI is InChI=1S/C34H44N8O5/c35-20-8-7-14-27(41-32(45)28(15-9-21-39-34(37)38)40-31(44)25-12-5-2-6-13-25)33(46)42-29(30(36)43)24-16-18-26(19-17-24)47-22-23-10-3-1-4-11-23/h1-6,10-13,16-19,27-29H,7-9,14-15,20-22,35H2,(H2,36,43)(H,40,44)(H,41,45)(H,42,46)(H4,37,38,39)/t27-,28-,29-/m0/s1. The van der Waals surface area contributed by atoms with Crippen molar-refractivity contribution in [3.63, 3.8) is 0 Å². The third-order valence-corrected chi connectivity index (χ3v) is 7.22. The molecule has 13 nitrogen and oxygen atoms in total. The van der Waals surface area contributed by atoms with Crippen LogP contribution >= 0.6 is 0 Å². The van der Waals surface area contributed by atoms with E-state index in [9.17, 15) is 19.2 Å². The van der Waals surface area contributed by atoms with Gasteiger partial charge in [-0.05, 0) is 74.0 Å². The van der Waals surface area contributed by atoms with E-state index in [1.54, 1.807) is 54.6 Å². The molecule has 250 valence electrons. The number of hydrogen-bond donors (Lipinski definition) is 7. The van der Waals surface area contributed by atoms with Crippen LogP contribution in [-0.4, -0.2) is 54.8 Å². The highest BCUT2D eigenvalue weighted by Gasteiger charge is 2.29. The van der Waals surface area contributed by atoms with Crippen LogP contribution in [0.25, 0.3) is 0 Å². The van der Waals surface area contributed by atoms with Crippen LogP contribution in [0.3, 0.4) is 0 Å². The Kier molecular flexibility index (Phi) is 14.7. The van der Waals surface area contributed by atoms with Crippen molar-refractivity contribution in [1.29, 1.82) is 0 Å². The zero-order valence-corrected chi connectivity index (χ0v) is 26.3. The zero-order valence-electron chi connectivity index (χ0n) is 26.3. The second-order valence-electron chi connectivity index (χ2n) is 10.9. The molecule has 0 radical (unpaired) electrons. The lowest BCUT2D eigenvalue weighted by Crippen LogP contribution is -2.54. The normalized spacial score (nSPS) is 12.5. The third-order valence-electron chi connectivity index (χ3n) is 7.22. The predicted octanol–water partition coefficient (Wildman–Crippen LogP) is 1.37. The highest BCUT2D eigenvalue weighted by molar-refractivity contribution is 5.98. The van der Waals surface area contributed by atoms with Gasteiger partial charge in [-0.3, -0.25) is 24.2 Å². The molecule has 0 aliphatic rings. The maximum absolute atomic E-state index is 13.6. The molecule has 3 aromatic carbocycles. The molecule has 3 atom stereocenters. The molecule has 47 heavy (non-hydrogen) atoms. The van der Waals surface area contributed by atoms with E-state index in [0.717, 1.165) is 5.56 Å². The Balaban J connectivity index is 1.73. The minimum Gasteiger partial charge on any atom is -0.489 e. The summed E-state index contributed by atoms with van der Waals surface area (Å²) in [4.78, 5) is 56.5. The van der Waals surface area contributed by atoms with Crippen molar-refractivity contribution in [2.24, 2.45) is 27.9 Å². The highest BCUT2D eigenvalue weighted by Crippen LogP contribution is 2.20. The fourth-order valence-corrected chi connectivity index (χ4v) is 4.70. The molecule has 0 aromatic heterocycles. The van der Waals surface area contributed by atoms with Crippen LogP contribution in [0, 0.1) is 0 Å². The minimum absolute atomic E-state index is 0.0886. The lowest BCUT2D eigenvalue weighted by molar-refractivity contribution is -0.132. The molecule has 3 aromatic rings. The number of amides is 4. The van der Waals surface area contributed by atoms with Crippen LogP contribution in [0.4, 0.5) is 0 Å². The Morgan fingerprint density at radius 3 is 1.91 bits per heavy atom. The van der Waals surface area contributed by atoms with E-state index < -0.39 is 41.8 Å². The third kappa shape index (κ3) is 12.5. The number of hydrogen-bond acceptors (Lipinski definition) is 7. The average Bonchev–Trinajstić information content (AvgIpc) is 3.07. The Morgan fingerprint density at radius 1 is 0.702 bits per heavy atom. The summed E-state index contributed by atoms with van der Waals surface area (Å²) >= 11 is 0. The number of nitrogens with zero attached hydrogens (tertiary/aromatic N) is 1. The van der Waals surface area contributed by atoms with Crippen molar-refractivity contribution in [1.82, 2.24) is 16.0 Å². The number of guanidine groups is 1. The van der Waals surface area contributed by atoms with Gasteiger partial charge in [-0.25, -0.2) is 0 Å². The van der Waals surface area contributed by atoms with Gasteiger partial charge in [0.15, 0.2) is 5.96 Å². The summed E-state index contributed by atoms with van der Waals surface area (Å²) in [5.74, 6) is -1.95. The highest BCUT2D eigenvalue weighted by atomic mass is 16.5. The molecule has 4 amide bonds. The van der Waals surface area contributed by atoms with Gasteiger partial charge >= 0.3 is 0 Å². The van der Waals surface area contributed by atoms with Gasteiger partial charge in [0.2, 0.25) is 17.7 Å². The molecule has 13 heteroatoms. The van der Waals surface area contributed by atoms with E-state index in [1.165, 1.54) is 0 Å². The smallest absolute Gasteiger partial charge is 0.251 e. The van der Waals surface area contributed by atoms with Crippen LogP contribution in [0.5, 0.6) is 5.75 Å². The molecular formula is C34H44N8O5. The summed E-state index contributed by atoms with van der Waals surface area (Å²) in [5, 5.41) is 8.18. The first-order valence-electron chi connectivity index (χ1n) is 15.5. The van der Waals surface area contributed by atoms with E-state index >= 15 is 0 Å². The van der Waals surface area contributed by atoms with Crippen LogP contribution in [0.1, 0.15) is 59.6 Å². The van der Waals surface area contributed by atoms with Gasteiger partial charge in [-0.15, -0.1) is 0 Å². The van der Waals surface area contributed by atoms with Crippen molar-refractivity contribution in [2.45, 2.75) is 56.8 Å². The second kappa shape index (κ2) is 19.2. The molecule has 0 bridgehead atoms. The second-order valence-corrected chi connectivity index (χ2v) is 10.9. The Morgan fingerprint density at radius 2 is 1.30 bits per heavy atom. The van der Waals surface area contributed by atoms with Gasteiger partial charge < -0.3 is 43.6 Å². The van der Waals surface area contributed by atoms with Gasteiger partial charge in [0, 0.05) is 12.1 Å². The van der Waals surface area contributed by atoms with E-state index in [0.29, 0.717) is 49.3 Å². The number of unbranched alkanes of at least 4 members (excludes halogenated alkanes) is 1. The summed E-state index contributed by atoms with van der Waals surface area (Å²) in [7, 11) is 0. The van der Waals surface area contributed by atoms with E-state index in [4.69, 9.17) is 27.7 Å². The number of rotatable bonds is 19. The molecule has 3 rings (SSSR count). The van der Waals surface area contributed by atoms with Crippen LogP contribution in [0.15, 0.2) is 89.9 Å². The van der Waals surface area contributed by atoms with Crippen molar-refractivity contribution in [3.05, 3.63) is 102 Å². The molecular weight excluding hydrogens is 600 g/mol. The molecule has 0 heterocycles. The maximum Gasteiger partial charge on any atom is 0.251 e. The van der Waals surface area contributed by atoms with E-state index in [2.05, 4.69) is 20.9 Å². The molecule has 0 fully saturated rings. The summed E-state index contributed by atoms with van der Waals surface area (Å²) in [6, 6.07) is 21.5. The fraction of sp³-hybridized carbons (Fsp3) is 0.324. The summed E-state index contributed by atoms with van der Waals surface area (Å²) in [5.41, 5.74) is 24.0. The molecule has 0 aliphatic carbocycles. The summed E-state index contributed by atoms with van der Waals surface area (Å²) in [6.45, 7) is 0.997. The minimum atomic E-state index is -1.17. The van der Waals surface area contributed by atoms with Crippen molar-refractivity contribution in [3.8, 4) is 5.75 Å². The van der Waals surface area contributed by atoms with E-state index in [-0.39, 0.29) is 25.3 Å². The Labute approximate surface area is 274 Å². The van der Waals surface area contributed by atoms with Gasteiger partial charge in [-0.1, -0.05) is 60.7 Å². The summed E-state index contributed by atoms with van der Waals surface area (Å²) in [6.07, 6.45) is 1.94. The number of nitrogens with two attached hydrogens (primary N) is 4. The predicted molar refractivity (Wildman–Crippen MR) is 180 cm³/mol. The number of aliphatic imine (C=N–C) groups is 1. The summed E-state index contributed by atoms with van der Waals surface area (Å²) < 4.78 is 5.82. The van der Waals surface area contributed by atoms with Gasteiger partial charge in [0.05, 0.1) is 0 Å². The number of benzene rings is 3. The zero-order chi connectivity index (χ0) is 34.0. The first-order chi connectivity index (χ1) is 22.7. The number of nitrogens with one attached hydrogen (secondary N) is 3. The molecule has 0 unspecified atom stereocenters. The topological polar surface area (TPSA) is 230 Å². The first-order valence-corrected chi connectivity index (χ1v) is 15.5. The number of primary amides is 1. The lowest BCUT2D eigenvalue weighted by atomic mass is 10.0. The SMILES string of the molecule is NCCCC[C@H](NC(=O)[C@H](CCCN=C(N)N)NC(=O)c1ccccc1)C(=O)N[C@H](C(N)=O)c1ccc(OCc2ccccc2)cc1. The van der Waals surface area contributed by atoms with Crippen LogP contribution in [0.2, 0.25) is 0 Å². The largest absolute Gasteiger partial charge is 0.489 e. The average molecular weight is 645 g/mol. The fourth-order valence-electron chi connectivity index (χ4n) is 4.70. The molecule has 0 aliphatic heterocycles. The quantitative estimate of drug-likeness (QED) is 0.0571. The van der Waals surface area contributed by atoms with Crippen LogP contribution < -0.4 is 43.6 Å². The van der Waals surface area contributed by atoms with Gasteiger partial charge in [0.25, 0.3) is 5.91 Å². The monoisotopic (exact) mass is 644 g/mol. The number of ether oxygens (including phenoxy) is 1. The number of carbonyl (C=O) groups excluding carboxylic acids is 4. The lowest BCUT2D eigenvalue weighted by Gasteiger charge is -2.25. The van der Waals surface area contributed by atoms with Gasteiger partial charge in [0.1, 0.15) is 30.5 Å². The van der Waals surface area contributed by atoms with Crippen LogP contribution in [-0.2, 0) is 21.0 Å². The van der Waals surface area contributed by atoms with E-state index in [1.807, 2.05) is 30.3 Å². The molecule has 0 saturated heterocycles. The van der Waals surface area contributed by atoms with Crippen molar-refractivity contribution in [2.75, 3.05) is 13.1 Å². The Bertz CT molecular complexity index is 1460. The first kappa shape index (κ1) is 36.0.